The number of nitro groups is 1. The van der Waals surface area contributed by atoms with Crippen LogP contribution in [0.4, 0.5) is 11.5 Å². The number of aryl methyl sites for hydroxylation is 1. The molecule has 1 aromatic carbocycles. The van der Waals surface area contributed by atoms with Gasteiger partial charge in [0.25, 0.3) is 0 Å². The van der Waals surface area contributed by atoms with E-state index >= 15 is 0 Å². The Labute approximate surface area is 112 Å². The minimum Gasteiger partial charge on any atom is -0.378 e. The van der Waals surface area contributed by atoms with Crippen LogP contribution in [0.15, 0.2) is 28.7 Å². The molecule has 1 aromatic heterocycles. The predicted octanol–water partition coefficient (Wildman–Crippen LogP) is 2.49. The number of halogens is 1. The van der Waals surface area contributed by atoms with Gasteiger partial charge in [-0.05, 0) is 24.6 Å². The molecule has 0 radical (unpaired) electrons. The normalized spacial score (nSPS) is 10.6. The lowest BCUT2D eigenvalue weighted by Crippen LogP contribution is -2.06. The van der Waals surface area contributed by atoms with Gasteiger partial charge in [0.05, 0.1) is 11.5 Å². The van der Waals surface area contributed by atoms with Gasteiger partial charge >= 0.3 is 5.69 Å². The largest absolute Gasteiger partial charge is 0.378 e. The van der Waals surface area contributed by atoms with Crippen LogP contribution >= 0.6 is 15.9 Å². The molecular formula is C11H11BrN4O2. The highest BCUT2D eigenvalue weighted by molar-refractivity contribution is 9.10. The third kappa shape index (κ3) is 2.35. The third-order valence-corrected chi connectivity index (χ3v) is 3.03. The smallest absolute Gasteiger partial charge is 0.333 e. The summed E-state index contributed by atoms with van der Waals surface area (Å²) < 4.78 is 2.38. The van der Waals surface area contributed by atoms with Crippen LogP contribution in [0.1, 0.15) is 11.3 Å². The first-order valence-electron chi connectivity index (χ1n) is 5.20. The van der Waals surface area contributed by atoms with Crippen molar-refractivity contribution in [2.24, 2.45) is 0 Å². The van der Waals surface area contributed by atoms with Crippen LogP contribution in [0, 0.1) is 17.0 Å². The van der Waals surface area contributed by atoms with E-state index in [1.807, 2.05) is 24.3 Å². The standard InChI is InChI=1S/C11H11BrN4O2/c1-7-10(16(17)18)11(13)15(14-7)6-8-3-2-4-9(12)5-8/h2-5H,6,13H2,1H3. The molecule has 0 saturated carbocycles. The second-order valence-corrected chi connectivity index (χ2v) is 4.78. The minimum absolute atomic E-state index is 0.0810. The maximum Gasteiger partial charge on any atom is 0.333 e. The molecule has 0 unspecified atom stereocenters. The molecule has 0 spiro atoms. The van der Waals surface area contributed by atoms with Crippen LogP contribution in [0.2, 0.25) is 0 Å². The Morgan fingerprint density at radius 3 is 2.83 bits per heavy atom. The Kier molecular flexibility index (Phi) is 3.33. The van der Waals surface area contributed by atoms with Gasteiger partial charge in [0.1, 0.15) is 5.69 Å². The van der Waals surface area contributed by atoms with E-state index in [2.05, 4.69) is 21.0 Å². The van der Waals surface area contributed by atoms with Crippen molar-refractivity contribution in [1.82, 2.24) is 9.78 Å². The van der Waals surface area contributed by atoms with Crippen LogP contribution < -0.4 is 5.73 Å². The van der Waals surface area contributed by atoms with Crippen LogP contribution in [-0.2, 0) is 6.54 Å². The number of nitrogen functional groups attached to an aromatic ring is 1. The first-order valence-corrected chi connectivity index (χ1v) is 6.00. The third-order valence-electron chi connectivity index (χ3n) is 2.54. The van der Waals surface area contributed by atoms with E-state index in [0.29, 0.717) is 12.2 Å². The number of aromatic nitrogens is 2. The molecule has 0 aliphatic rings. The van der Waals surface area contributed by atoms with Gasteiger partial charge in [-0.1, -0.05) is 28.1 Å². The maximum absolute atomic E-state index is 10.8. The topological polar surface area (TPSA) is 87.0 Å². The molecule has 0 amide bonds. The zero-order chi connectivity index (χ0) is 13.3. The first-order chi connectivity index (χ1) is 8.49. The van der Waals surface area contributed by atoms with Gasteiger partial charge in [0, 0.05) is 4.47 Å². The number of benzene rings is 1. The van der Waals surface area contributed by atoms with E-state index < -0.39 is 4.92 Å². The van der Waals surface area contributed by atoms with E-state index in [1.165, 1.54) is 4.68 Å². The SMILES string of the molecule is Cc1nn(Cc2cccc(Br)c2)c(N)c1[N+](=O)[O-]. The van der Waals surface area contributed by atoms with Crippen molar-refractivity contribution in [1.29, 1.82) is 0 Å². The van der Waals surface area contributed by atoms with Crippen molar-refractivity contribution in [3.63, 3.8) is 0 Å². The lowest BCUT2D eigenvalue weighted by Gasteiger charge is -2.03. The predicted molar refractivity (Wildman–Crippen MR) is 71.3 cm³/mol. The summed E-state index contributed by atoms with van der Waals surface area (Å²) in [6.45, 7) is 1.98. The highest BCUT2D eigenvalue weighted by atomic mass is 79.9. The molecule has 2 aromatic rings. The summed E-state index contributed by atoms with van der Waals surface area (Å²) in [5.41, 5.74) is 6.91. The molecule has 2 rings (SSSR count). The molecule has 0 saturated heterocycles. The van der Waals surface area contributed by atoms with Crippen molar-refractivity contribution in [2.75, 3.05) is 5.73 Å². The van der Waals surface area contributed by atoms with Crippen molar-refractivity contribution >= 4 is 27.4 Å². The summed E-state index contributed by atoms with van der Waals surface area (Å²) in [6, 6.07) is 7.62. The van der Waals surface area contributed by atoms with E-state index in [4.69, 9.17) is 5.73 Å². The number of hydrogen-bond acceptors (Lipinski definition) is 4. The van der Waals surface area contributed by atoms with Gasteiger partial charge in [-0.3, -0.25) is 10.1 Å². The Morgan fingerprint density at radius 1 is 1.56 bits per heavy atom. The Bertz CT molecular complexity index is 609. The van der Waals surface area contributed by atoms with Gasteiger partial charge in [-0.25, -0.2) is 4.68 Å². The molecule has 94 valence electrons. The Hall–Kier alpha value is -1.89. The monoisotopic (exact) mass is 310 g/mol. The Morgan fingerprint density at radius 2 is 2.28 bits per heavy atom. The fraction of sp³-hybridized carbons (Fsp3) is 0.182. The molecule has 7 heteroatoms. The van der Waals surface area contributed by atoms with Gasteiger partial charge in [-0.15, -0.1) is 0 Å². The highest BCUT2D eigenvalue weighted by Crippen LogP contribution is 2.25. The molecule has 0 atom stereocenters. The fourth-order valence-electron chi connectivity index (χ4n) is 1.74. The van der Waals surface area contributed by atoms with E-state index in [-0.39, 0.29) is 11.5 Å². The molecule has 0 bridgehead atoms. The van der Waals surface area contributed by atoms with Gasteiger partial charge < -0.3 is 5.73 Å². The number of nitrogens with zero attached hydrogens (tertiary/aromatic N) is 3. The molecule has 6 nitrogen and oxygen atoms in total. The van der Waals surface area contributed by atoms with Crippen molar-refractivity contribution in [3.8, 4) is 0 Å². The van der Waals surface area contributed by atoms with Crippen LogP contribution in [0.3, 0.4) is 0 Å². The average Bonchev–Trinajstić information content (AvgIpc) is 2.54. The summed E-state index contributed by atoms with van der Waals surface area (Å²) in [6.07, 6.45) is 0. The van der Waals surface area contributed by atoms with Crippen molar-refractivity contribution < 1.29 is 4.92 Å². The quantitative estimate of drug-likeness (QED) is 0.697. The van der Waals surface area contributed by atoms with Gasteiger partial charge in [0.2, 0.25) is 5.82 Å². The zero-order valence-electron chi connectivity index (χ0n) is 9.63. The van der Waals surface area contributed by atoms with Gasteiger partial charge in [0.15, 0.2) is 0 Å². The van der Waals surface area contributed by atoms with Crippen molar-refractivity contribution in [3.05, 3.63) is 50.1 Å². The summed E-state index contributed by atoms with van der Waals surface area (Å²) in [5, 5.41) is 14.9. The highest BCUT2D eigenvalue weighted by Gasteiger charge is 2.22. The molecule has 18 heavy (non-hydrogen) atoms. The second kappa shape index (κ2) is 4.77. The van der Waals surface area contributed by atoms with E-state index in [9.17, 15) is 10.1 Å². The summed E-state index contributed by atoms with van der Waals surface area (Å²) >= 11 is 3.37. The van der Waals surface area contributed by atoms with Gasteiger partial charge in [-0.2, -0.15) is 5.10 Å². The zero-order valence-corrected chi connectivity index (χ0v) is 11.2. The number of anilines is 1. The van der Waals surface area contributed by atoms with Crippen LogP contribution in [-0.4, -0.2) is 14.7 Å². The molecule has 1 heterocycles. The lowest BCUT2D eigenvalue weighted by molar-refractivity contribution is -0.384. The minimum atomic E-state index is -0.505. The average molecular weight is 311 g/mol. The molecular weight excluding hydrogens is 300 g/mol. The van der Waals surface area contributed by atoms with E-state index in [0.717, 1.165) is 10.0 Å². The lowest BCUT2D eigenvalue weighted by atomic mass is 10.2. The molecule has 0 aliphatic carbocycles. The van der Waals surface area contributed by atoms with Crippen LogP contribution in [0.25, 0.3) is 0 Å². The molecule has 0 fully saturated rings. The number of hydrogen-bond donors (Lipinski definition) is 1. The first kappa shape index (κ1) is 12.6. The Balaban J connectivity index is 2.36. The number of nitrogens with two attached hydrogens (primary N) is 1. The maximum atomic E-state index is 10.8. The summed E-state index contributed by atoms with van der Waals surface area (Å²) in [7, 11) is 0. The van der Waals surface area contributed by atoms with Crippen LogP contribution in [0.5, 0.6) is 0 Å². The molecule has 2 N–H and O–H groups in total. The second-order valence-electron chi connectivity index (χ2n) is 3.86. The molecule has 0 aliphatic heterocycles. The van der Waals surface area contributed by atoms with E-state index in [1.54, 1.807) is 6.92 Å². The van der Waals surface area contributed by atoms with Crippen molar-refractivity contribution in [2.45, 2.75) is 13.5 Å². The summed E-state index contributed by atoms with van der Waals surface area (Å²) in [4.78, 5) is 10.3. The fourth-order valence-corrected chi connectivity index (χ4v) is 2.19. The summed E-state index contributed by atoms with van der Waals surface area (Å²) in [5.74, 6) is 0.0810. The number of rotatable bonds is 3.